The fourth-order valence-corrected chi connectivity index (χ4v) is 2.93. The summed E-state index contributed by atoms with van der Waals surface area (Å²) in [5, 5.41) is 2.92. The molecule has 0 saturated heterocycles. The molecule has 0 unspecified atom stereocenters. The molecule has 0 atom stereocenters. The molecule has 0 radical (unpaired) electrons. The van der Waals surface area contributed by atoms with Gasteiger partial charge in [0, 0.05) is 0 Å². The maximum absolute atomic E-state index is 12.5. The molecule has 0 fully saturated rings. The summed E-state index contributed by atoms with van der Waals surface area (Å²) < 4.78 is 37.6. The zero-order chi connectivity index (χ0) is 18.2. The maximum atomic E-state index is 12.5. The number of rotatable bonds is 3. The molecular weight excluding hydrogens is 378 g/mol. The monoisotopic (exact) mass is 387 g/mol. The highest BCUT2D eigenvalue weighted by Gasteiger charge is 2.29. The van der Waals surface area contributed by atoms with Gasteiger partial charge in [-0.3, -0.25) is 4.79 Å². The lowest BCUT2D eigenvalue weighted by Gasteiger charge is -2.08. The third kappa shape index (κ3) is 3.88. The van der Waals surface area contributed by atoms with E-state index < -0.39 is 18.5 Å². The van der Waals surface area contributed by atoms with E-state index >= 15 is 0 Å². The van der Waals surface area contributed by atoms with E-state index in [2.05, 4.69) is 15.3 Å². The van der Waals surface area contributed by atoms with Crippen molar-refractivity contribution in [2.45, 2.75) is 12.6 Å². The van der Waals surface area contributed by atoms with Gasteiger partial charge >= 0.3 is 6.18 Å². The summed E-state index contributed by atoms with van der Waals surface area (Å²) in [6.07, 6.45) is -5.58. The van der Waals surface area contributed by atoms with Gasteiger partial charge in [-0.25, -0.2) is 4.98 Å². The van der Waals surface area contributed by atoms with E-state index in [9.17, 15) is 18.0 Å². The molecule has 0 aliphatic carbocycles. The summed E-state index contributed by atoms with van der Waals surface area (Å²) in [6.45, 7) is 0. The number of nitrogens with one attached hydrogen (secondary N) is 2. The predicted octanol–water partition coefficient (Wildman–Crippen LogP) is 5.23. The number of anilines is 1. The number of alkyl halides is 3. The molecule has 3 rings (SSSR count). The minimum Gasteiger partial charge on any atom is -0.342 e. The number of aromatic nitrogens is 2. The number of para-hydroxylation sites is 1. The van der Waals surface area contributed by atoms with Crippen LogP contribution in [0.15, 0.2) is 36.4 Å². The number of carbonyl (C=O) groups excluding carboxylic acids is 1. The molecule has 3 aromatic rings. The van der Waals surface area contributed by atoms with Gasteiger partial charge in [0.25, 0.3) is 5.91 Å². The van der Waals surface area contributed by atoms with E-state index in [-0.39, 0.29) is 32.6 Å². The molecule has 0 saturated carbocycles. The Hall–Kier alpha value is -2.25. The average molecular weight is 388 g/mol. The Morgan fingerprint density at radius 3 is 2.40 bits per heavy atom. The molecule has 25 heavy (non-hydrogen) atoms. The molecule has 1 heterocycles. The largest absolute Gasteiger partial charge is 0.396 e. The van der Waals surface area contributed by atoms with Crippen molar-refractivity contribution in [3.05, 3.63) is 57.8 Å². The molecule has 1 aromatic heterocycles. The predicted molar refractivity (Wildman–Crippen MR) is 90.3 cm³/mol. The third-order valence-corrected chi connectivity index (χ3v) is 4.00. The van der Waals surface area contributed by atoms with Gasteiger partial charge in [-0.1, -0.05) is 35.3 Å². The number of fused-ring (bicyclic) bond motifs is 1. The quantitative estimate of drug-likeness (QED) is 0.646. The number of halogens is 5. The number of H-pyrrole nitrogens is 1. The lowest BCUT2D eigenvalue weighted by Crippen LogP contribution is -2.13. The molecule has 1 amide bonds. The summed E-state index contributed by atoms with van der Waals surface area (Å²) in [7, 11) is 0. The Bertz CT molecular complexity index is 933. The minimum absolute atomic E-state index is 0.0777. The van der Waals surface area contributed by atoms with Crippen LogP contribution in [0.4, 0.5) is 18.9 Å². The molecule has 2 aromatic carbocycles. The van der Waals surface area contributed by atoms with Gasteiger partial charge in [-0.2, -0.15) is 13.2 Å². The fraction of sp³-hybridized carbons (Fsp3) is 0.125. The first-order valence-electron chi connectivity index (χ1n) is 7.04. The van der Waals surface area contributed by atoms with Crippen LogP contribution in [0.5, 0.6) is 0 Å². The van der Waals surface area contributed by atoms with E-state index in [1.165, 1.54) is 18.2 Å². The van der Waals surface area contributed by atoms with Gasteiger partial charge in [0.2, 0.25) is 0 Å². The number of benzene rings is 2. The Kier molecular flexibility index (Phi) is 4.62. The van der Waals surface area contributed by atoms with E-state index in [1.54, 1.807) is 18.2 Å². The summed E-state index contributed by atoms with van der Waals surface area (Å²) in [4.78, 5) is 19.0. The fourth-order valence-electron chi connectivity index (χ4n) is 2.36. The molecule has 0 bridgehead atoms. The summed E-state index contributed by atoms with van der Waals surface area (Å²) in [5.74, 6) is -0.816. The highest BCUT2D eigenvalue weighted by atomic mass is 35.5. The van der Waals surface area contributed by atoms with Gasteiger partial charge in [-0.05, 0) is 24.3 Å². The summed E-state index contributed by atoms with van der Waals surface area (Å²) in [5.41, 5.74) is 0.928. The Balaban J connectivity index is 1.95. The molecule has 0 spiro atoms. The second kappa shape index (κ2) is 6.57. The molecule has 0 aliphatic heterocycles. The minimum atomic E-state index is -4.39. The van der Waals surface area contributed by atoms with Gasteiger partial charge in [0.05, 0.1) is 26.8 Å². The van der Waals surface area contributed by atoms with Gasteiger partial charge in [0.15, 0.2) is 0 Å². The second-order valence-corrected chi connectivity index (χ2v) is 6.04. The first kappa shape index (κ1) is 17.6. The van der Waals surface area contributed by atoms with Gasteiger partial charge in [-0.15, -0.1) is 0 Å². The molecular formula is C16H10Cl2F3N3O. The van der Waals surface area contributed by atoms with Crippen molar-refractivity contribution >= 4 is 45.8 Å². The summed E-state index contributed by atoms with van der Waals surface area (Å²) >= 11 is 12.0. The first-order valence-corrected chi connectivity index (χ1v) is 7.80. The van der Waals surface area contributed by atoms with Crippen molar-refractivity contribution in [2.24, 2.45) is 0 Å². The smallest absolute Gasteiger partial charge is 0.342 e. The average Bonchev–Trinajstić information content (AvgIpc) is 2.88. The lowest BCUT2D eigenvalue weighted by molar-refractivity contribution is -0.128. The Labute approximate surface area is 150 Å². The van der Waals surface area contributed by atoms with E-state index in [1.807, 2.05) is 0 Å². The number of aromatic amines is 1. The molecule has 9 heteroatoms. The molecule has 4 nitrogen and oxygen atoms in total. The van der Waals surface area contributed by atoms with Crippen LogP contribution in [-0.2, 0) is 6.42 Å². The third-order valence-electron chi connectivity index (χ3n) is 3.37. The Morgan fingerprint density at radius 2 is 1.76 bits per heavy atom. The van der Waals surface area contributed by atoms with Crippen LogP contribution in [-0.4, -0.2) is 22.1 Å². The number of amides is 1. The van der Waals surface area contributed by atoms with Crippen molar-refractivity contribution < 1.29 is 18.0 Å². The summed E-state index contributed by atoms with van der Waals surface area (Å²) in [6, 6.07) is 9.31. The van der Waals surface area contributed by atoms with Crippen LogP contribution in [0.3, 0.4) is 0 Å². The van der Waals surface area contributed by atoms with Crippen LogP contribution in [0.1, 0.15) is 16.2 Å². The Morgan fingerprint density at radius 1 is 1.12 bits per heavy atom. The second-order valence-electron chi connectivity index (χ2n) is 5.23. The lowest BCUT2D eigenvalue weighted by atomic mass is 10.2. The highest BCUT2D eigenvalue weighted by molar-refractivity contribution is 6.40. The topological polar surface area (TPSA) is 57.8 Å². The highest BCUT2D eigenvalue weighted by Crippen LogP contribution is 2.28. The van der Waals surface area contributed by atoms with Crippen molar-refractivity contribution in [3.63, 3.8) is 0 Å². The van der Waals surface area contributed by atoms with Crippen LogP contribution in [0, 0.1) is 0 Å². The van der Waals surface area contributed by atoms with Crippen molar-refractivity contribution in [1.29, 1.82) is 0 Å². The number of carbonyl (C=O) groups is 1. The van der Waals surface area contributed by atoms with Crippen LogP contribution >= 0.6 is 23.2 Å². The number of hydrogen-bond acceptors (Lipinski definition) is 2. The van der Waals surface area contributed by atoms with Crippen molar-refractivity contribution in [3.8, 4) is 0 Å². The van der Waals surface area contributed by atoms with E-state index in [0.29, 0.717) is 5.52 Å². The van der Waals surface area contributed by atoms with Crippen molar-refractivity contribution in [2.75, 3.05) is 5.32 Å². The van der Waals surface area contributed by atoms with Crippen LogP contribution in [0.25, 0.3) is 11.0 Å². The first-order chi connectivity index (χ1) is 11.7. The number of hydrogen-bond donors (Lipinski definition) is 2. The van der Waals surface area contributed by atoms with Gasteiger partial charge in [0.1, 0.15) is 17.8 Å². The van der Waals surface area contributed by atoms with E-state index in [4.69, 9.17) is 23.2 Å². The van der Waals surface area contributed by atoms with Crippen LogP contribution in [0.2, 0.25) is 10.0 Å². The number of nitrogens with zero attached hydrogens (tertiary/aromatic N) is 1. The zero-order valence-electron chi connectivity index (χ0n) is 12.4. The molecule has 0 aliphatic rings. The van der Waals surface area contributed by atoms with Crippen LogP contribution < -0.4 is 5.32 Å². The number of imidazole rings is 1. The normalized spacial score (nSPS) is 11.7. The van der Waals surface area contributed by atoms with E-state index in [0.717, 1.165) is 0 Å². The standard InChI is InChI=1S/C16H10Cl2F3N3O/c17-8-3-1-4-9(18)13(8)15(25)23-11-6-2-5-10-14(11)24-12(22-10)7-16(19,20)21/h1-6H,7H2,(H,22,24)(H,23,25). The SMILES string of the molecule is O=C(Nc1cccc2[nH]c(CC(F)(F)F)nc12)c1c(Cl)cccc1Cl. The zero-order valence-corrected chi connectivity index (χ0v) is 13.9. The maximum Gasteiger partial charge on any atom is 0.396 e. The van der Waals surface area contributed by atoms with Gasteiger partial charge < -0.3 is 10.3 Å². The molecule has 2 N–H and O–H groups in total. The molecule has 130 valence electrons. The van der Waals surface area contributed by atoms with Crippen molar-refractivity contribution in [1.82, 2.24) is 9.97 Å².